The second-order valence-corrected chi connectivity index (χ2v) is 10.4. The van der Waals surface area contributed by atoms with E-state index >= 15 is 0 Å². The van der Waals surface area contributed by atoms with Gasteiger partial charge in [0.1, 0.15) is 0 Å². The van der Waals surface area contributed by atoms with Crippen LogP contribution in [0, 0.1) is 0 Å². The molecule has 0 bridgehead atoms. The standard InChI is InChI=1S/C22H28N4O5S/c27-21(17-24-8-5-22(6-9-24)30-14-15-31-22)25-10-12-26(13-11-25)32(28,29)20-3-1-2-18-16-23-7-4-19(18)20/h1-4,7,16H,5-6,8-15,17H2. The zero-order chi connectivity index (χ0) is 22.2. The zero-order valence-corrected chi connectivity index (χ0v) is 18.8. The number of likely N-dealkylation sites (tertiary alicyclic amines) is 1. The van der Waals surface area contributed by atoms with E-state index in [9.17, 15) is 13.2 Å². The molecule has 0 unspecified atom stereocenters. The number of fused-ring (bicyclic) bond motifs is 1. The number of aromatic nitrogens is 1. The summed E-state index contributed by atoms with van der Waals surface area (Å²) in [4.78, 5) is 21.1. The number of hydrogen-bond acceptors (Lipinski definition) is 7. The lowest BCUT2D eigenvalue weighted by molar-refractivity contribution is -0.186. The van der Waals surface area contributed by atoms with Gasteiger partial charge in [-0.05, 0) is 12.1 Å². The lowest BCUT2D eigenvalue weighted by atomic mass is 10.0. The van der Waals surface area contributed by atoms with Crippen molar-refractivity contribution in [3.8, 4) is 0 Å². The van der Waals surface area contributed by atoms with Crippen LogP contribution in [0.15, 0.2) is 41.6 Å². The topological polar surface area (TPSA) is 92.3 Å². The van der Waals surface area contributed by atoms with Crippen LogP contribution in [-0.4, -0.2) is 98.2 Å². The Kier molecular flexibility index (Phi) is 5.89. The van der Waals surface area contributed by atoms with Crippen molar-refractivity contribution < 1.29 is 22.7 Å². The lowest BCUT2D eigenvalue weighted by Gasteiger charge is -2.39. The van der Waals surface area contributed by atoms with Gasteiger partial charge in [0.2, 0.25) is 15.9 Å². The molecule has 172 valence electrons. The minimum atomic E-state index is -3.65. The molecule has 2 aromatic rings. The molecule has 1 amide bonds. The first kappa shape index (κ1) is 21.7. The maximum absolute atomic E-state index is 13.3. The molecule has 9 nitrogen and oxygen atoms in total. The molecule has 0 N–H and O–H groups in total. The summed E-state index contributed by atoms with van der Waals surface area (Å²) in [5.41, 5.74) is 0. The summed E-state index contributed by atoms with van der Waals surface area (Å²) in [7, 11) is -3.65. The Balaban J connectivity index is 1.18. The van der Waals surface area contributed by atoms with Gasteiger partial charge in [0.05, 0.1) is 24.7 Å². The van der Waals surface area contributed by atoms with Crippen LogP contribution in [0.1, 0.15) is 12.8 Å². The van der Waals surface area contributed by atoms with Crippen LogP contribution in [-0.2, 0) is 24.3 Å². The average Bonchev–Trinajstić information content (AvgIpc) is 3.28. The maximum atomic E-state index is 13.3. The number of sulfonamides is 1. The highest BCUT2D eigenvalue weighted by Gasteiger charge is 2.40. The van der Waals surface area contributed by atoms with Gasteiger partial charge in [-0.3, -0.25) is 14.7 Å². The van der Waals surface area contributed by atoms with Gasteiger partial charge in [-0.15, -0.1) is 0 Å². The van der Waals surface area contributed by atoms with Gasteiger partial charge in [-0.2, -0.15) is 4.31 Å². The number of piperidine rings is 1. The molecule has 0 atom stereocenters. The molecule has 5 rings (SSSR count). The normalized spacial score (nSPS) is 22.6. The molecule has 0 saturated carbocycles. The van der Waals surface area contributed by atoms with Crippen LogP contribution < -0.4 is 0 Å². The first-order chi connectivity index (χ1) is 15.5. The summed E-state index contributed by atoms with van der Waals surface area (Å²) >= 11 is 0. The number of nitrogens with zero attached hydrogens (tertiary/aromatic N) is 4. The molecular formula is C22H28N4O5S. The second kappa shape index (κ2) is 8.68. The van der Waals surface area contributed by atoms with Crippen LogP contribution in [0.2, 0.25) is 0 Å². The smallest absolute Gasteiger partial charge is 0.243 e. The molecule has 3 aliphatic rings. The average molecular weight is 461 g/mol. The minimum absolute atomic E-state index is 0.0440. The van der Waals surface area contributed by atoms with Crippen molar-refractivity contribution in [2.24, 2.45) is 0 Å². The molecular weight excluding hydrogens is 432 g/mol. The lowest BCUT2D eigenvalue weighted by Crippen LogP contribution is -2.54. The van der Waals surface area contributed by atoms with Gasteiger partial charge in [-0.1, -0.05) is 12.1 Å². The SMILES string of the molecule is O=C(CN1CCC2(CC1)OCCO2)N1CCN(S(=O)(=O)c2cccc3cnccc23)CC1. The Hall–Kier alpha value is -2.11. The van der Waals surface area contributed by atoms with E-state index in [4.69, 9.17) is 9.47 Å². The fourth-order valence-corrected chi connectivity index (χ4v) is 6.40. The number of benzene rings is 1. The van der Waals surface area contributed by atoms with Gasteiger partial charge in [-0.25, -0.2) is 8.42 Å². The Morgan fingerprint density at radius 2 is 1.72 bits per heavy atom. The summed E-state index contributed by atoms with van der Waals surface area (Å²) in [6, 6.07) is 6.95. The highest BCUT2D eigenvalue weighted by atomic mass is 32.2. The number of carbonyl (C=O) groups is 1. The Labute approximate surface area is 187 Å². The van der Waals surface area contributed by atoms with E-state index in [0.29, 0.717) is 51.3 Å². The number of amides is 1. The third-order valence-electron chi connectivity index (χ3n) is 6.64. The molecule has 3 aliphatic heterocycles. The largest absolute Gasteiger partial charge is 0.347 e. The third kappa shape index (κ3) is 4.13. The molecule has 1 aromatic heterocycles. The highest BCUT2D eigenvalue weighted by molar-refractivity contribution is 7.89. The molecule has 4 heterocycles. The molecule has 3 saturated heterocycles. The summed E-state index contributed by atoms with van der Waals surface area (Å²) < 4.78 is 39.5. The number of carbonyl (C=O) groups excluding carboxylic acids is 1. The van der Waals surface area contributed by atoms with Crippen LogP contribution in [0.25, 0.3) is 10.8 Å². The zero-order valence-electron chi connectivity index (χ0n) is 18.0. The number of hydrogen-bond donors (Lipinski definition) is 0. The van der Waals surface area contributed by atoms with E-state index in [1.807, 2.05) is 6.07 Å². The fourth-order valence-electron chi connectivity index (χ4n) is 4.76. The summed E-state index contributed by atoms with van der Waals surface area (Å²) in [6.07, 6.45) is 4.81. The van der Waals surface area contributed by atoms with Gasteiger partial charge < -0.3 is 14.4 Å². The monoisotopic (exact) mass is 460 g/mol. The molecule has 10 heteroatoms. The maximum Gasteiger partial charge on any atom is 0.243 e. The first-order valence-corrected chi connectivity index (χ1v) is 12.5. The minimum Gasteiger partial charge on any atom is -0.347 e. The van der Waals surface area contributed by atoms with E-state index in [2.05, 4.69) is 9.88 Å². The Morgan fingerprint density at radius 1 is 1.00 bits per heavy atom. The molecule has 0 radical (unpaired) electrons. The van der Waals surface area contributed by atoms with E-state index in [1.165, 1.54) is 4.31 Å². The highest BCUT2D eigenvalue weighted by Crippen LogP contribution is 2.31. The number of piperazine rings is 1. The van der Waals surface area contributed by atoms with E-state index in [1.54, 1.807) is 35.5 Å². The van der Waals surface area contributed by atoms with Crippen LogP contribution in [0.3, 0.4) is 0 Å². The van der Waals surface area contributed by atoms with Crippen LogP contribution in [0.5, 0.6) is 0 Å². The predicted molar refractivity (Wildman–Crippen MR) is 117 cm³/mol. The molecule has 0 aliphatic carbocycles. The van der Waals surface area contributed by atoms with Crippen molar-refractivity contribution in [1.29, 1.82) is 0 Å². The fraction of sp³-hybridized carbons (Fsp3) is 0.545. The second-order valence-electron chi connectivity index (χ2n) is 8.52. The van der Waals surface area contributed by atoms with Gasteiger partial charge >= 0.3 is 0 Å². The van der Waals surface area contributed by atoms with Crippen LogP contribution >= 0.6 is 0 Å². The van der Waals surface area contributed by atoms with Crippen molar-refractivity contribution in [3.05, 3.63) is 36.7 Å². The van der Waals surface area contributed by atoms with E-state index < -0.39 is 15.8 Å². The van der Waals surface area contributed by atoms with Crippen molar-refractivity contribution in [3.63, 3.8) is 0 Å². The van der Waals surface area contributed by atoms with Crippen molar-refractivity contribution in [2.45, 2.75) is 23.5 Å². The van der Waals surface area contributed by atoms with E-state index in [0.717, 1.165) is 31.3 Å². The molecule has 32 heavy (non-hydrogen) atoms. The van der Waals surface area contributed by atoms with Crippen molar-refractivity contribution >= 4 is 26.7 Å². The third-order valence-corrected chi connectivity index (χ3v) is 8.60. The number of rotatable bonds is 4. The summed E-state index contributed by atoms with van der Waals surface area (Å²) in [6.45, 7) is 4.53. The number of pyridine rings is 1. The number of ether oxygens (including phenoxy) is 2. The van der Waals surface area contributed by atoms with Gasteiger partial charge in [0.15, 0.2) is 5.79 Å². The molecule has 1 aromatic carbocycles. The Morgan fingerprint density at radius 3 is 2.44 bits per heavy atom. The molecule has 3 fully saturated rings. The quantitative estimate of drug-likeness (QED) is 0.670. The van der Waals surface area contributed by atoms with E-state index in [-0.39, 0.29) is 10.8 Å². The summed E-state index contributed by atoms with van der Waals surface area (Å²) in [5.74, 6) is -0.403. The summed E-state index contributed by atoms with van der Waals surface area (Å²) in [5, 5.41) is 1.46. The molecule has 1 spiro atoms. The predicted octanol–water partition coefficient (Wildman–Crippen LogP) is 0.907. The van der Waals surface area contributed by atoms with Crippen molar-refractivity contribution in [2.75, 3.05) is 59.0 Å². The van der Waals surface area contributed by atoms with Crippen molar-refractivity contribution in [1.82, 2.24) is 19.1 Å². The Bertz CT molecular complexity index is 1080. The first-order valence-electron chi connectivity index (χ1n) is 11.1. The van der Waals surface area contributed by atoms with Gasteiger partial charge in [0, 0.05) is 75.3 Å². The van der Waals surface area contributed by atoms with Crippen LogP contribution in [0.4, 0.5) is 0 Å². The van der Waals surface area contributed by atoms with Gasteiger partial charge in [0.25, 0.3) is 0 Å².